The van der Waals surface area contributed by atoms with Gasteiger partial charge in [0.05, 0.1) is 67.5 Å². The molecule has 14 amide bonds. The molecule has 4 aliphatic rings. The number of aromatic amines is 2. The van der Waals surface area contributed by atoms with Crippen LogP contribution in [0.3, 0.4) is 0 Å². The number of unbranched alkanes of at least 4 members (excludes halogenated alkanes) is 2. The number of nitrogens with one attached hydrogen (secondary N) is 20. The van der Waals surface area contributed by atoms with Gasteiger partial charge in [0.1, 0.15) is 59.8 Å². The Hall–Kier alpha value is -15.7. The number of aliphatic carboxylic acids is 2. The van der Waals surface area contributed by atoms with E-state index in [1.54, 1.807) is 39.0 Å². The zero-order valence-corrected chi connectivity index (χ0v) is 83.9. The first-order chi connectivity index (χ1) is 70.2. The van der Waals surface area contributed by atoms with Crippen molar-refractivity contribution in [2.45, 2.75) is 254 Å². The number of fused-ring (bicyclic) bond motifs is 8. The van der Waals surface area contributed by atoms with Crippen molar-refractivity contribution in [2.24, 2.45) is 11.5 Å². The quantitative estimate of drug-likeness (QED) is 0.00566. The summed E-state index contributed by atoms with van der Waals surface area (Å²) in [4.78, 5) is 269. The zero-order valence-electron chi connectivity index (χ0n) is 83.1. The molecular weight excluding hydrogens is 1950 g/mol. The minimum Gasteiger partial charge on any atom is -0.508 e. The number of hydrogen-bond donors (Lipinski definition) is 27. The number of phenols is 2. The van der Waals surface area contributed by atoms with Crippen LogP contribution < -0.4 is 96.5 Å². The number of carboxylic acid groups (broad SMARTS) is 2. The van der Waals surface area contributed by atoms with Crippen LogP contribution >= 0.6 is 0 Å². The minimum absolute atomic E-state index is 0.00516. The fourth-order valence-electron chi connectivity index (χ4n) is 17.8. The molecule has 148 heavy (non-hydrogen) atoms. The number of ether oxygens (including phenoxy) is 1. The van der Waals surface area contributed by atoms with Crippen molar-refractivity contribution in [2.75, 3.05) is 58.7 Å². The van der Waals surface area contributed by atoms with E-state index in [-0.39, 0.29) is 180 Å². The standard InChI is InChI=1S/C97H132N24O26S/c1-8-58-48(2)65-43-70-83(52(6)122)50(4)67(111-70)41-66-49(3)59(85(114-66)60(40-82(134)147-7)86-84(95(143)104-35-36-148(144,145)146)51(5)68(115-86)42-69(58)110-65)39-77(127)109-55(23-29-75(125)102-31-11-9-15-63-89(137)116-61(17-13-33-105-96(98)99)87(135)107-46-78(128)112-73(44-80(130)131)93(141)120-71(91(139)118-63)37-53-19-25-56(123)26-20-53)24-30-76(126)103-32-12-10-16-64-90(138)117-62(18-14-34-106-97(100)101)88(136)108-47-79(129)113-74(45-81(132)133)94(142)121-72(92(140)119-64)38-54-21-27-57(124)28-22-54/h19-22,25-28,41-43,48-49,55,58-59,61-64,71-74,111,115,123-124H,8-18,23-24,29-40,44-47H2,1-7H3,(H,102,125)(H,103,126)(H,104,143)(H,107,135)(H,108,136)(H,109,127)(H,112,128)(H,113,129)(H,116,137)(H,117,138)(H,118,139)(H,119,140)(H,120,141)(H,121,142)(H,130,131)(H,132,133)(H4,98,99,105)(H4,100,101,106)(H,144,145,146)/t48-,49+,58-,59+,61+,62+,63+,64+,71-,72-,73+,74+/m1/s1. The van der Waals surface area contributed by atoms with Gasteiger partial charge in [0.25, 0.3) is 16.0 Å². The van der Waals surface area contributed by atoms with Crippen molar-refractivity contribution in [3.05, 3.63) is 128 Å². The van der Waals surface area contributed by atoms with Crippen LogP contribution in [0.15, 0.2) is 66.7 Å². The van der Waals surface area contributed by atoms with Crippen molar-refractivity contribution in [3.63, 3.8) is 0 Å². The number of benzene rings is 2. The first-order valence-electron chi connectivity index (χ1n) is 48.7. The summed E-state index contributed by atoms with van der Waals surface area (Å²) in [5.74, 6) is -21.1. The average Bonchev–Trinajstić information content (AvgIpc) is 1.60. The van der Waals surface area contributed by atoms with Crippen LogP contribution in [0.25, 0.3) is 22.1 Å². The van der Waals surface area contributed by atoms with Gasteiger partial charge in [0.2, 0.25) is 76.8 Å². The van der Waals surface area contributed by atoms with Gasteiger partial charge < -0.3 is 132 Å². The molecule has 8 bridgehead atoms. The van der Waals surface area contributed by atoms with E-state index in [4.69, 9.17) is 37.0 Å². The van der Waals surface area contributed by atoms with Gasteiger partial charge in [-0.3, -0.25) is 112 Å². The molecule has 3 aromatic heterocycles. The number of amides is 14. The fourth-order valence-corrected chi connectivity index (χ4v) is 18.2. The summed E-state index contributed by atoms with van der Waals surface area (Å²) in [5, 5.41) is 96.3. The second kappa shape index (κ2) is 55.0. The van der Waals surface area contributed by atoms with Gasteiger partial charge >= 0.3 is 17.9 Å². The highest BCUT2D eigenvalue weighted by Crippen LogP contribution is 2.44. The molecule has 5 aromatic rings. The number of hydrogen-bond acceptors (Lipinski definition) is 27. The van der Waals surface area contributed by atoms with Crippen molar-refractivity contribution in [1.29, 1.82) is 10.8 Å². The molecule has 7 heterocycles. The number of nitrogens with two attached hydrogens (primary N) is 2. The summed E-state index contributed by atoms with van der Waals surface area (Å²) in [6, 6.07) is 2.47. The van der Waals surface area contributed by atoms with Crippen LogP contribution in [0.5, 0.6) is 11.5 Å². The summed E-state index contributed by atoms with van der Waals surface area (Å²) < 4.78 is 39.3. The van der Waals surface area contributed by atoms with Crippen LogP contribution in [0.2, 0.25) is 0 Å². The van der Waals surface area contributed by atoms with E-state index < -0.39 is 240 Å². The highest BCUT2D eigenvalue weighted by molar-refractivity contribution is 7.85. The maximum absolute atomic E-state index is 15.5. The number of nitrogens with zero attached hydrogens (tertiary/aromatic N) is 2. The summed E-state index contributed by atoms with van der Waals surface area (Å²) in [6.45, 7) is 8.18. The Kier molecular flexibility index (Phi) is 43.0. The maximum atomic E-state index is 15.5. The maximum Gasteiger partial charge on any atom is 0.310 e. The van der Waals surface area contributed by atoms with E-state index in [0.717, 1.165) is 7.11 Å². The molecule has 0 aliphatic carbocycles. The molecule has 0 saturated carbocycles. The summed E-state index contributed by atoms with van der Waals surface area (Å²) in [6.07, 6.45) is -4.39. The number of carbonyl (C=O) groups excluding carboxylic acids is 16. The van der Waals surface area contributed by atoms with Gasteiger partial charge in [-0.15, -0.1) is 0 Å². The Balaban J connectivity index is 1.03. The molecule has 0 spiro atoms. The number of phenolic OH excluding ortho intramolecular Hbond substituents is 2. The van der Waals surface area contributed by atoms with Crippen molar-refractivity contribution in [3.8, 4) is 11.5 Å². The second-order valence-electron chi connectivity index (χ2n) is 36.9. The van der Waals surface area contributed by atoms with E-state index >= 15 is 4.79 Å². The lowest BCUT2D eigenvalue weighted by molar-refractivity contribution is -0.141. The van der Waals surface area contributed by atoms with Gasteiger partial charge in [-0.25, -0.2) is 0 Å². The number of ketones is 1. The number of aryl methyl sites for hydroxylation is 2. The Morgan fingerprint density at radius 1 is 0.486 bits per heavy atom. The molecule has 50 nitrogen and oxygen atoms in total. The summed E-state index contributed by atoms with van der Waals surface area (Å²) >= 11 is 0. The number of aromatic hydroxyl groups is 2. The van der Waals surface area contributed by atoms with E-state index in [2.05, 4.69) is 95.0 Å². The third kappa shape index (κ3) is 35.0. The fraction of sp³-hybridized carbons (Fsp3) is 0.505. The topological polar surface area (TPSA) is 801 Å². The highest BCUT2D eigenvalue weighted by Gasteiger charge is 2.41. The highest BCUT2D eigenvalue weighted by atomic mass is 32.2. The SMILES string of the molecule is CC[C@H]1c2cc3[nH]c(c(CC(=O)OC)c4nc(cc5[nH]c(cc(n2)[C@@H]1C)c(C(C)=O)c5C)[C@@H](C)[C@@H]4CC(=O)NC(CCC(=O)NCCCC[C@@H]1NC(=O)[C@@H](Cc2ccc(O)cc2)NC(=O)[C@H](CC(=O)O)NC(=O)CNC(=O)[C@H](CCCNC(=N)N)NC1=O)CCC(=O)NCCCC[C@@H]1NC(=O)[C@@H](Cc2ccc(O)cc2)NC(=O)[C@H](CC(=O)O)NC(=O)CNC(=O)[C@H](CCCNC(=N)N)NC1=O)c(C(=O)NCCS(=O)(=O)O)c3C. The lowest BCUT2D eigenvalue weighted by atomic mass is 9.85. The van der Waals surface area contributed by atoms with E-state index in [1.165, 1.54) is 55.5 Å². The van der Waals surface area contributed by atoms with Gasteiger partial charge in [0, 0.05) is 134 Å². The monoisotopic (exact) mass is 2080 g/mol. The molecule has 29 N–H and O–H groups in total. The Labute approximate surface area is 851 Å². The predicted molar refractivity (Wildman–Crippen MR) is 534 cm³/mol. The Bertz CT molecular complexity index is 5890. The van der Waals surface area contributed by atoms with Crippen LogP contribution in [-0.2, 0) is 111 Å². The van der Waals surface area contributed by atoms with Gasteiger partial charge in [-0.05, 0) is 169 Å². The normalized spacial score (nSPS) is 20.5. The number of guanidine groups is 2. The molecule has 9 rings (SSSR count). The molecular formula is C97H132N24O26S. The third-order valence-electron chi connectivity index (χ3n) is 25.8. The average molecular weight is 2080 g/mol. The summed E-state index contributed by atoms with van der Waals surface area (Å²) in [5.41, 5.74) is 15.6. The molecule has 12 atom stereocenters. The molecule has 2 aromatic carbocycles. The third-order valence-corrected chi connectivity index (χ3v) is 26.5. The van der Waals surface area contributed by atoms with Crippen molar-refractivity contribution >= 4 is 150 Å². The zero-order chi connectivity index (χ0) is 109. The first kappa shape index (κ1) is 116. The van der Waals surface area contributed by atoms with Crippen LogP contribution in [0.1, 0.15) is 238 Å². The first-order valence-corrected chi connectivity index (χ1v) is 50.3. The molecule has 51 heteroatoms. The van der Waals surface area contributed by atoms with Crippen LogP contribution in [-0.4, -0.2) is 285 Å². The number of rotatable bonds is 43. The van der Waals surface area contributed by atoms with Gasteiger partial charge in [-0.1, -0.05) is 45.0 Å². The Morgan fingerprint density at radius 3 is 1.34 bits per heavy atom. The number of methoxy groups -OCH3 is 1. The smallest absolute Gasteiger partial charge is 0.310 e. The lowest BCUT2D eigenvalue weighted by Crippen LogP contribution is -2.58. The van der Waals surface area contributed by atoms with E-state index in [1.807, 2.05) is 13.8 Å². The molecule has 0 radical (unpaired) electrons. The number of H-pyrrole nitrogens is 2. The lowest BCUT2D eigenvalue weighted by Gasteiger charge is -2.26. The molecule has 2 fully saturated rings. The predicted octanol–water partition coefficient (Wildman–Crippen LogP) is -0.829. The van der Waals surface area contributed by atoms with Gasteiger partial charge in [-0.2, -0.15) is 8.42 Å². The minimum atomic E-state index is -4.63. The molecule has 0 unspecified atom stereocenters. The van der Waals surface area contributed by atoms with Crippen molar-refractivity contribution < 1.29 is 124 Å². The molecule has 802 valence electrons. The number of carbonyl (C=O) groups is 18. The second-order valence-corrected chi connectivity index (χ2v) is 38.5. The molecule has 4 aliphatic heterocycles. The van der Waals surface area contributed by atoms with Gasteiger partial charge in [0.15, 0.2) is 17.7 Å². The van der Waals surface area contributed by atoms with Crippen molar-refractivity contribution in [1.82, 2.24) is 105 Å². The summed E-state index contributed by atoms with van der Waals surface area (Å²) in [7, 11) is -3.50. The number of Topliss-reactive ketones (excluding diaryl/α,β-unsaturated/α-hetero) is 1. The van der Waals surface area contributed by atoms with Crippen LogP contribution in [0, 0.1) is 24.7 Å². The van der Waals surface area contributed by atoms with E-state index in [0.29, 0.717) is 67.9 Å². The largest absolute Gasteiger partial charge is 0.508 e. The Morgan fingerprint density at radius 2 is 0.892 bits per heavy atom. The number of esters is 1. The van der Waals surface area contributed by atoms with E-state index in [9.17, 15) is 115 Å². The number of aromatic nitrogens is 4. The number of carboxylic acids is 2. The van der Waals surface area contributed by atoms with Crippen LogP contribution in [0.4, 0.5) is 0 Å². The molecule has 2 saturated heterocycles.